The Labute approximate surface area is 149 Å². The summed E-state index contributed by atoms with van der Waals surface area (Å²) in [5, 5.41) is 0. The second-order valence-electron chi connectivity index (χ2n) is 6.84. The van der Waals surface area contributed by atoms with E-state index in [1.807, 2.05) is 65.8 Å². The molecule has 0 heterocycles. The topological polar surface area (TPSA) is 60.2 Å². The van der Waals surface area contributed by atoms with Crippen LogP contribution in [0.5, 0.6) is 0 Å². The summed E-state index contributed by atoms with van der Waals surface area (Å²) >= 11 is 0. The highest BCUT2D eigenvalue weighted by atomic mass is 16.1. The van der Waals surface area contributed by atoms with Gasteiger partial charge in [0.1, 0.15) is 0 Å². The lowest BCUT2D eigenvalue weighted by atomic mass is 9.93. The van der Waals surface area contributed by atoms with Crippen molar-refractivity contribution >= 4 is 11.6 Å². The number of carbonyl (C=O) groups excluding carboxylic acids is 2. The highest BCUT2D eigenvalue weighted by Crippen LogP contribution is 2.21. The van der Waals surface area contributed by atoms with Crippen molar-refractivity contribution in [2.24, 2.45) is 5.73 Å². The molecule has 0 atom stereocenters. The summed E-state index contributed by atoms with van der Waals surface area (Å²) < 4.78 is 0. The molecule has 0 aliphatic heterocycles. The molecule has 0 unspecified atom stereocenters. The SMILES string of the molecule is Cc1cc(C)c(C(=O)/C=C(/N)C(=O)c2c(C)cc(C)cc2C)c(C)c1. The Morgan fingerprint density at radius 3 is 1.48 bits per heavy atom. The van der Waals surface area contributed by atoms with E-state index in [0.29, 0.717) is 11.1 Å². The van der Waals surface area contributed by atoms with Gasteiger partial charge in [-0.05, 0) is 63.8 Å². The second-order valence-corrected chi connectivity index (χ2v) is 6.84. The van der Waals surface area contributed by atoms with E-state index in [-0.39, 0.29) is 17.3 Å². The highest BCUT2D eigenvalue weighted by molar-refractivity contribution is 6.16. The molecule has 0 aliphatic carbocycles. The summed E-state index contributed by atoms with van der Waals surface area (Å²) in [6.07, 6.45) is 1.26. The Kier molecular flexibility index (Phi) is 5.27. The van der Waals surface area contributed by atoms with Gasteiger partial charge in [0.05, 0.1) is 5.70 Å². The van der Waals surface area contributed by atoms with Gasteiger partial charge >= 0.3 is 0 Å². The van der Waals surface area contributed by atoms with Gasteiger partial charge in [0, 0.05) is 17.2 Å². The smallest absolute Gasteiger partial charge is 0.209 e. The number of hydrogen-bond donors (Lipinski definition) is 1. The van der Waals surface area contributed by atoms with E-state index in [1.165, 1.54) is 6.08 Å². The highest BCUT2D eigenvalue weighted by Gasteiger charge is 2.18. The van der Waals surface area contributed by atoms with Crippen molar-refractivity contribution in [1.29, 1.82) is 0 Å². The molecule has 2 rings (SSSR count). The predicted molar refractivity (Wildman–Crippen MR) is 102 cm³/mol. The van der Waals surface area contributed by atoms with Crippen LogP contribution in [-0.2, 0) is 0 Å². The van der Waals surface area contributed by atoms with Crippen LogP contribution in [0.3, 0.4) is 0 Å². The fourth-order valence-corrected chi connectivity index (χ4v) is 3.53. The fourth-order valence-electron chi connectivity index (χ4n) is 3.53. The molecule has 0 bridgehead atoms. The third-order valence-corrected chi connectivity index (χ3v) is 4.38. The van der Waals surface area contributed by atoms with Crippen LogP contribution in [0.1, 0.15) is 54.1 Å². The number of allylic oxidation sites excluding steroid dienone is 2. The van der Waals surface area contributed by atoms with Gasteiger partial charge in [0.2, 0.25) is 5.78 Å². The number of rotatable bonds is 4. The van der Waals surface area contributed by atoms with Gasteiger partial charge in [-0.2, -0.15) is 0 Å². The molecule has 0 aromatic heterocycles. The normalized spacial score (nSPS) is 11.5. The number of nitrogens with two attached hydrogens (primary N) is 1. The van der Waals surface area contributed by atoms with Gasteiger partial charge in [-0.1, -0.05) is 35.4 Å². The van der Waals surface area contributed by atoms with Crippen molar-refractivity contribution in [3.8, 4) is 0 Å². The molecule has 0 saturated carbocycles. The Morgan fingerprint density at radius 2 is 1.08 bits per heavy atom. The van der Waals surface area contributed by atoms with Gasteiger partial charge in [0.25, 0.3) is 0 Å². The second kappa shape index (κ2) is 7.06. The summed E-state index contributed by atoms with van der Waals surface area (Å²) in [5.41, 5.74) is 12.9. The van der Waals surface area contributed by atoms with Gasteiger partial charge in [-0.25, -0.2) is 0 Å². The molecule has 2 aromatic rings. The number of Topliss-reactive ketones (excluding diaryl/α,β-unsaturated/α-hetero) is 1. The average molecular weight is 335 g/mol. The largest absolute Gasteiger partial charge is 0.395 e. The third-order valence-electron chi connectivity index (χ3n) is 4.38. The summed E-state index contributed by atoms with van der Waals surface area (Å²) in [7, 11) is 0. The van der Waals surface area contributed by atoms with Crippen LogP contribution in [0.4, 0.5) is 0 Å². The molecule has 130 valence electrons. The zero-order valence-electron chi connectivity index (χ0n) is 15.8. The molecule has 3 nitrogen and oxygen atoms in total. The molecule has 2 aromatic carbocycles. The molecule has 0 radical (unpaired) electrons. The molecule has 0 fully saturated rings. The predicted octanol–water partition coefficient (Wildman–Crippen LogP) is 4.45. The summed E-state index contributed by atoms with van der Waals surface area (Å²) in [6.45, 7) is 11.5. The number of carbonyl (C=O) groups is 2. The molecular formula is C22H25NO2. The third kappa shape index (κ3) is 3.87. The van der Waals surface area contributed by atoms with Crippen molar-refractivity contribution in [1.82, 2.24) is 0 Å². The standard InChI is InChI=1S/C22H25NO2/c1-12-7-14(3)20(15(4)8-12)19(24)11-18(23)22(25)21-16(5)9-13(2)10-17(21)6/h7-11H,23H2,1-6H3/b18-11+. The maximum absolute atomic E-state index is 12.7. The Hall–Kier alpha value is -2.68. The van der Waals surface area contributed by atoms with E-state index in [9.17, 15) is 9.59 Å². The van der Waals surface area contributed by atoms with Crippen LogP contribution in [-0.4, -0.2) is 11.6 Å². The Bertz CT molecular complexity index is 858. The summed E-state index contributed by atoms with van der Waals surface area (Å²) in [4.78, 5) is 25.4. The molecule has 25 heavy (non-hydrogen) atoms. The minimum absolute atomic E-state index is 0.0283. The van der Waals surface area contributed by atoms with Crippen molar-refractivity contribution in [2.45, 2.75) is 41.5 Å². The van der Waals surface area contributed by atoms with Crippen LogP contribution in [0.2, 0.25) is 0 Å². The number of benzene rings is 2. The molecule has 0 amide bonds. The van der Waals surface area contributed by atoms with Crippen LogP contribution < -0.4 is 5.73 Å². The van der Waals surface area contributed by atoms with Crippen LogP contribution >= 0.6 is 0 Å². The van der Waals surface area contributed by atoms with E-state index in [4.69, 9.17) is 5.73 Å². The van der Waals surface area contributed by atoms with Crippen LogP contribution in [0.25, 0.3) is 0 Å². The first-order chi connectivity index (χ1) is 11.6. The maximum atomic E-state index is 12.7. The zero-order chi connectivity index (χ0) is 18.9. The minimum atomic E-state index is -0.300. The molecule has 0 saturated heterocycles. The van der Waals surface area contributed by atoms with Gasteiger partial charge in [-0.15, -0.1) is 0 Å². The quantitative estimate of drug-likeness (QED) is 0.663. The maximum Gasteiger partial charge on any atom is 0.209 e. The van der Waals surface area contributed by atoms with E-state index in [0.717, 1.165) is 33.4 Å². The van der Waals surface area contributed by atoms with Crippen molar-refractivity contribution in [2.75, 3.05) is 0 Å². The minimum Gasteiger partial charge on any atom is -0.395 e. The molecule has 2 N–H and O–H groups in total. The van der Waals surface area contributed by atoms with E-state index >= 15 is 0 Å². The zero-order valence-corrected chi connectivity index (χ0v) is 15.8. The first-order valence-corrected chi connectivity index (χ1v) is 8.33. The molecule has 3 heteroatoms. The summed E-state index contributed by atoms with van der Waals surface area (Å²) in [6, 6.07) is 7.81. The first kappa shape index (κ1) is 18.7. The first-order valence-electron chi connectivity index (χ1n) is 8.33. The number of hydrogen-bond acceptors (Lipinski definition) is 3. The Morgan fingerprint density at radius 1 is 0.720 bits per heavy atom. The lowest BCUT2D eigenvalue weighted by Gasteiger charge is -2.11. The van der Waals surface area contributed by atoms with Crippen molar-refractivity contribution in [3.05, 3.63) is 80.5 Å². The average Bonchev–Trinajstić information content (AvgIpc) is 2.44. The van der Waals surface area contributed by atoms with Gasteiger partial charge in [0.15, 0.2) is 5.78 Å². The fraction of sp³-hybridized carbons (Fsp3) is 0.273. The number of aryl methyl sites for hydroxylation is 6. The molecular weight excluding hydrogens is 310 g/mol. The Balaban J connectivity index is 2.42. The number of ketones is 2. The molecule has 0 aliphatic rings. The van der Waals surface area contributed by atoms with Crippen LogP contribution in [0.15, 0.2) is 36.0 Å². The van der Waals surface area contributed by atoms with Gasteiger partial charge in [-0.3, -0.25) is 9.59 Å². The summed E-state index contributed by atoms with van der Waals surface area (Å²) in [5.74, 6) is -0.533. The molecule has 0 spiro atoms. The van der Waals surface area contributed by atoms with Gasteiger partial charge < -0.3 is 5.73 Å². The van der Waals surface area contributed by atoms with E-state index in [2.05, 4.69) is 0 Å². The lowest BCUT2D eigenvalue weighted by Crippen LogP contribution is -2.17. The van der Waals surface area contributed by atoms with Crippen molar-refractivity contribution < 1.29 is 9.59 Å². The lowest BCUT2D eigenvalue weighted by molar-refractivity contribution is 0.101. The monoisotopic (exact) mass is 335 g/mol. The van der Waals surface area contributed by atoms with Crippen LogP contribution in [0, 0.1) is 41.5 Å². The van der Waals surface area contributed by atoms with Crippen molar-refractivity contribution in [3.63, 3.8) is 0 Å². The van der Waals surface area contributed by atoms with E-state index in [1.54, 1.807) is 0 Å². The van der Waals surface area contributed by atoms with E-state index < -0.39 is 0 Å².